The van der Waals surface area contributed by atoms with Gasteiger partial charge in [-0.1, -0.05) is 12.1 Å². The van der Waals surface area contributed by atoms with E-state index in [1.807, 2.05) is 0 Å². The predicted molar refractivity (Wildman–Crippen MR) is 79.7 cm³/mol. The van der Waals surface area contributed by atoms with Crippen molar-refractivity contribution in [3.8, 4) is 0 Å². The van der Waals surface area contributed by atoms with Crippen LogP contribution in [0.4, 0.5) is 10.5 Å². The number of amides is 2. The predicted octanol–water partition coefficient (Wildman–Crippen LogP) is 1.70. The topological polar surface area (TPSA) is 77.1 Å². The normalized spacial score (nSPS) is 14.6. The lowest BCUT2D eigenvalue weighted by Gasteiger charge is -2.20. The number of esters is 1. The summed E-state index contributed by atoms with van der Waals surface area (Å²) in [5, 5.41) is 2.71. The Bertz CT molecular complexity index is 528. The fourth-order valence-electron chi connectivity index (χ4n) is 2.07. The van der Waals surface area contributed by atoms with Crippen LogP contribution in [0.25, 0.3) is 0 Å². The Balaban J connectivity index is 1.91. The lowest BCUT2D eigenvalue weighted by molar-refractivity contribution is -0.0488. The van der Waals surface area contributed by atoms with E-state index >= 15 is 0 Å². The minimum atomic E-state index is -0.494. The molecule has 1 aromatic carbocycles. The SMILES string of the molecule is COC(=O)c1ccccc1NC(=O)N(C)CCC1OCCO1. The molecule has 0 aliphatic carbocycles. The van der Waals surface area contributed by atoms with E-state index in [0.29, 0.717) is 37.4 Å². The summed E-state index contributed by atoms with van der Waals surface area (Å²) in [7, 11) is 2.97. The first-order valence-electron chi connectivity index (χ1n) is 7.04. The van der Waals surface area contributed by atoms with E-state index in [-0.39, 0.29) is 12.3 Å². The van der Waals surface area contributed by atoms with Gasteiger partial charge in [0.15, 0.2) is 6.29 Å². The van der Waals surface area contributed by atoms with E-state index < -0.39 is 5.97 Å². The largest absolute Gasteiger partial charge is 0.465 e. The fourth-order valence-corrected chi connectivity index (χ4v) is 2.07. The zero-order valence-electron chi connectivity index (χ0n) is 12.7. The molecule has 2 rings (SSSR count). The van der Waals surface area contributed by atoms with Gasteiger partial charge in [-0.05, 0) is 12.1 Å². The maximum absolute atomic E-state index is 12.2. The lowest BCUT2D eigenvalue weighted by atomic mass is 10.2. The molecule has 1 aliphatic heterocycles. The molecule has 2 amide bonds. The summed E-state index contributed by atoms with van der Waals surface area (Å²) < 4.78 is 15.3. The summed E-state index contributed by atoms with van der Waals surface area (Å²) in [4.78, 5) is 25.3. The zero-order valence-corrected chi connectivity index (χ0v) is 12.7. The highest BCUT2D eigenvalue weighted by atomic mass is 16.7. The average molecular weight is 308 g/mol. The lowest BCUT2D eigenvalue weighted by Crippen LogP contribution is -2.34. The third-order valence-corrected chi connectivity index (χ3v) is 3.31. The highest BCUT2D eigenvalue weighted by Crippen LogP contribution is 2.16. The van der Waals surface area contributed by atoms with Gasteiger partial charge in [0.05, 0.1) is 31.6 Å². The molecule has 1 N–H and O–H groups in total. The van der Waals surface area contributed by atoms with Crippen LogP contribution in [-0.2, 0) is 14.2 Å². The second-order valence-corrected chi connectivity index (χ2v) is 4.85. The number of para-hydroxylation sites is 1. The fraction of sp³-hybridized carbons (Fsp3) is 0.467. The third-order valence-electron chi connectivity index (χ3n) is 3.31. The second kappa shape index (κ2) is 7.77. The number of ether oxygens (including phenoxy) is 3. The van der Waals surface area contributed by atoms with Crippen molar-refractivity contribution in [1.82, 2.24) is 4.90 Å². The molecule has 0 atom stereocenters. The highest BCUT2D eigenvalue weighted by Gasteiger charge is 2.19. The van der Waals surface area contributed by atoms with Crippen LogP contribution in [0.2, 0.25) is 0 Å². The summed E-state index contributed by atoms with van der Waals surface area (Å²) in [6.07, 6.45) is 0.348. The number of nitrogens with zero attached hydrogens (tertiary/aromatic N) is 1. The zero-order chi connectivity index (χ0) is 15.9. The van der Waals surface area contributed by atoms with Crippen molar-refractivity contribution < 1.29 is 23.8 Å². The molecule has 7 heteroatoms. The summed E-state index contributed by atoms with van der Waals surface area (Å²) in [5.74, 6) is -0.494. The molecule has 1 fully saturated rings. The van der Waals surface area contributed by atoms with Crippen LogP contribution in [0.5, 0.6) is 0 Å². The molecule has 1 saturated heterocycles. The number of carbonyl (C=O) groups is 2. The van der Waals surface area contributed by atoms with Crippen LogP contribution in [0.15, 0.2) is 24.3 Å². The number of methoxy groups -OCH3 is 1. The third kappa shape index (κ3) is 4.19. The van der Waals surface area contributed by atoms with Gasteiger partial charge in [0.2, 0.25) is 0 Å². The van der Waals surface area contributed by atoms with Crippen molar-refractivity contribution >= 4 is 17.7 Å². The molecule has 1 heterocycles. The summed E-state index contributed by atoms with van der Waals surface area (Å²) in [6, 6.07) is 6.39. The van der Waals surface area contributed by atoms with Crippen molar-refractivity contribution in [3.05, 3.63) is 29.8 Å². The van der Waals surface area contributed by atoms with Gasteiger partial charge in [-0.3, -0.25) is 0 Å². The van der Waals surface area contributed by atoms with Crippen molar-refractivity contribution in [2.75, 3.05) is 39.2 Å². The van der Waals surface area contributed by atoms with E-state index in [0.717, 1.165) is 0 Å². The number of rotatable bonds is 5. The molecule has 0 unspecified atom stereocenters. The van der Waals surface area contributed by atoms with Crippen molar-refractivity contribution in [1.29, 1.82) is 0 Å². The Morgan fingerprint density at radius 2 is 2.00 bits per heavy atom. The van der Waals surface area contributed by atoms with Gasteiger partial charge in [0.25, 0.3) is 0 Å². The van der Waals surface area contributed by atoms with Crippen LogP contribution in [-0.4, -0.2) is 57.1 Å². The Kier molecular flexibility index (Phi) is 5.74. The number of anilines is 1. The first kappa shape index (κ1) is 16.3. The average Bonchev–Trinajstić information content (AvgIpc) is 3.05. The quantitative estimate of drug-likeness (QED) is 0.838. The Hall–Kier alpha value is -2.12. The molecule has 0 bridgehead atoms. The van der Waals surface area contributed by atoms with Gasteiger partial charge in [-0.25, -0.2) is 9.59 Å². The molecule has 1 aromatic rings. The van der Waals surface area contributed by atoms with Crippen LogP contribution >= 0.6 is 0 Å². The second-order valence-electron chi connectivity index (χ2n) is 4.85. The van der Waals surface area contributed by atoms with Gasteiger partial charge in [-0.2, -0.15) is 0 Å². The first-order valence-corrected chi connectivity index (χ1v) is 7.04. The van der Waals surface area contributed by atoms with E-state index in [1.165, 1.54) is 12.0 Å². The highest BCUT2D eigenvalue weighted by molar-refractivity contribution is 6.00. The molecule has 0 spiro atoms. The van der Waals surface area contributed by atoms with Crippen LogP contribution in [0.1, 0.15) is 16.8 Å². The Morgan fingerprint density at radius 3 is 2.68 bits per heavy atom. The van der Waals surface area contributed by atoms with Crippen molar-refractivity contribution in [3.63, 3.8) is 0 Å². The number of hydrogen-bond acceptors (Lipinski definition) is 5. The van der Waals surface area contributed by atoms with Crippen molar-refractivity contribution in [2.24, 2.45) is 0 Å². The number of hydrogen-bond donors (Lipinski definition) is 1. The van der Waals surface area contributed by atoms with Gasteiger partial charge >= 0.3 is 12.0 Å². The maximum Gasteiger partial charge on any atom is 0.339 e. The molecule has 0 saturated carbocycles. The van der Waals surface area contributed by atoms with Crippen LogP contribution in [0.3, 0.4) is 0 Å². The molecule has 0 aromatic heterocycles. The standard InChI is InChI=1S/C15H20N2O5/c1-17(8-7-13-21-9-10-22-13)15(19)16-12-6-4-3-5-11(12)14(18)20-2/h3-6,13H,7-10H2,1-2H3,(H,16,19). The number of benzene rings is 1. The number of nitrogens with one attached hydrogen (secondary N) is 1. The summed E-state index contributed by atoms with van der Waals surface area (Å²) >= 11 is 0. The monoisotopic (exact) mass is 308 g/mol. The minimum absolute atomic E-state index is 0.252. The van der Waals surface area contributed by atoms with Crippen molar-refractivity contribution in [2.45, 2.75) is 12.7 Å². The van der Waals surface area contributed by atoms with Crippen LogP contribution in [0, 0.1) is 0 Å². The van der Waals surface area contributed by atoms with E-state index in [4.69, 9.17) is 14.2 Å². The first-order chi connectivity index (χ1) is 10.6. The van der Waals surface area contributed by atoms with E-state index in [1.54, 1.807) is 31.3 Å². The van der Waals surface area contributed by atoms with E-state index in [9.17, 15) is 9.59 Å². The van der Waals surface area contributed by atoms with Gasteiger partial charge in [0.1, 0.15) is 0 Å². The molecule has 0 radical (unpaired) electrons. The summed E-state index contributed by atoms with van der Waals surface area (Å²) in [6.45, 7) is 1.66. The summed E-state index contributed by atoms with van der Waals surface area (Å²) in [5.41, 5.74) is 0.730. The molecule has 120 valence electrons. The van der Waals surface area contributed by atoms with Gasteiger partial charge < -0.3 is 24.4 Å². The molecule has 22 heavy (non-hydrogen) atoms. The van der Waals surface area contributed by atoms with Gasteiger partial charge in [0, 0.05) is 20.0 Å². The maximum atomic E-state index is 12.2. The number of urea groups is 1. The minimum Gasteiger partial charge on any atom is -0.465 e. The number of carbonyl (C=O) groups excluding carboxylic acids is 2. The van der Waals surface area contributed by atoms with Crippen LogP contribution < -0.4 is 5.32 Å². The molecular formula is C15H20N2O5. The van der Waals surface area contributed by atoms with E-state index in [2.05, 4.69) is 5.32 Å². The molecule has 7 nitrogen and oxygen atoms in total. The smallest absolute Gasteiger partial charge is 0.339 e. The Morgan fingerprint density at radius 1 is 1.32 bits per heavy atom. The Labute approximate surface area is 129 Å². The molecule has 1 aliphatic rings. The molecular weight excluding hydrogens is 288 g/mol. The van der Waals surface area contributed by atoms with Gasteiger partial charge in [-0.15, -0.1) is 0 Å².